The SMILES string of the molecule is Nc1nn(-c2cc(Cl)c(Oc3n[nH]c(=O)cc3-c3cccc(Cl)c3)c(Cl)c2)c(=O)[nH]c1=O. The van der Waals surface area contributed by atoms with E-state index < -0.39 is 22.6 Å². The van der Waals surface area contributed by atoms with E-state index in [-0.39, 0.29) is 27.4 Å². The molecule has 0 atom stereocenters. The maximum atomic E-state index is 12.1. The molecule has 162 valence electrons. The fourth-order valence-corrected chi connectivity index (χ4v) is 3.53. The Morgan fingerprint density at radius 3 is 2.41 bits per heavy atom. The molecular weight excluding hydrogens is 483 g/mol. The van der Waals surface area contributed by atoms with Gasteiger partial charge in [0.05, 0.1) is 21.3 Å². The third-order valence-corrected chi connectivity index (χ3v) is 4.99. The molecule has 32 heavy (non-hydrogen) atoms. The number of nitrogen functional groups attached to an aromatic ring is 1. The standard InChI is InChI=1S/C19H11Cl3N6O4/c20-9-3-1-2-8(4-9)11-7-14(29)25-26-18(11)32-15-12(21)5-10(6-13(15)22)28-19(31)24-17(30)16(23)27-28/h1-7H,(H2,23,27)(H,25,29)(H,24,30,31). The van der Waals surface area contributed by atoms with Crippen LogP contribution < -0.4 is 27.3 Å². The summed E-state index contributed by atoms with van der Waals surface area (Å²) in [6.45, 7) is 0. The zero-order valence-electron chi connectivity index (χ0n) is 15.7. The molecule has 0 radical (unpaired) electrons. The summed E-state index contributed by atoms with van der Waals surface area (Å²) in [6, 6.07) is 10.7. The Balaban J connectivity index is 1.79. The molecule has 0 aliphatic rings. The van der Waals surface area contributed by atoms with E-state index in [2.05, 4.69) is 15.3 Å². The molecule has 4 rings (SSSR count). The largest absolute Gasteiger partial charge is 0.434 e. The normalized spacial score (nSPS) is 10.8. The van der Waals surface area contributed by atoms with Gasteiger partial charge in [-0.2, -0.15) is 4.68 Å². The molecule has 2 aromatic carbocycles. The van der Waals surface area contributed by atoms with Crippen LogP contribution in [0, 0.1) is 0 Å². The summed E-state index contributed by atoms with van der Waals surface area (Å²) in [7, 11) is 0. The minimum absolute atomic E-state index is 0.00369. The molecular formula is C19H11Cl3N6O4. The van der Waals surface area contributed by atoms with Crippen LogP contribution in [0.3, 0.4) is 0 Å². The van der Waals surface area contributed by atoms with Gasteiger partial charge in [0, 0.05) is 11.1 Å². The maximum absolute atomic E-state index is 12.1. The van der Waals surface area contributed by atoms with Gasteiger partial charge in [0.1, 0.15) is 0 Å². The Morgan fingerprint density at radius 1 is 1.00 bits per heavy atom. The van der Waals surface area contributed by atoms with Gasteiger partial charge in [-0.05, 0) is 29.8 Å². The van der Waals surface area contributed by atoms with Gasteiger partial charge >= 0.3 is 5.69 Å². The van der Waals surface area contributed by atoms with Crippen molar-refractivity contribution in [2.45, 2.75) is 0 Å². The molecule has 0 unspecified atom stereocenters. The molecule has 10 nitrogen and oxygen atoms in total. The first kappa shape index (κ1) is 21.6. The maximum Gasteiger partial charge on any atom is 0.349 e. The molecule has 0 saturated heterocycles. The number of rotatable bonds is 4. The van der Waals surface area contributed by atoms with Crippen LogP contribution in [-0.4, -0.2) is 25.0 Å². The molecule has 0 spiro atoms. The summed E-state index contributed by atoms with van der Waals surface area (Å²) in [5, 5.41) is 10.4. The first-order chi connectivity index (χ1) is 15.2. The van der Waals surface area contributed by atoms with Crippen molar-refractivity contribution in [3.8, 4) is 28.4 Å². The smallest absolute Gasteiger partial charge is 0.349 e. The fourth-order valence-electron chi connectivity index (χ4n) is 2.78. The average Bonchev–Trinajstić information content (AvgIpc) is 2.74. The van der Waals surface area contributed by atoms with Crippen molar-refractivity contribution in [2.24, 2.45) is 0 Å². The monoisotopic (exact) mass is 492 g/mol. The second kappa shape index (κ2) is 8.50. The second-order valence-corrected chi connectivity index (χ2v) is 7.61. The van der Waals surface area contributed by atoms with E-state index in [1.54, 1.807) is 24.3 Å². The number of anilines is 1. The quantitative estimate of drug-likeness (QED) is 0.395. The van der Waals surface area contributed by atoms with Gasteiger partial charge in [0.15, 0.2) is 5.75 Å². The number of hydrogen-bond donors (Lipinski definition) is 3. The van der Waals surface area contributed by atoms with Crippen LogP contribution in [0.15, 0.2) is 56.8 Å². The van der Waals surface area contributed by atoms with Crippen molar-refractivity contribution < 1.29 is 4.74 Å². The Bertz CT molecular complexity index is 1510. The number of ether oxygens (including phenoxy) is 1. The van der Waals surface area contributed by atoms with Crippen LogP contribution in [0.2, 0.25) is 15.1 Å². The highest BCUT2D eigenvalue weighted by molar-refractivity contribution is 6.37. The molecule has 2 heterocycles. The fraction of sp³-hybridized carbons (Fsp3) is 0. The zero-order chi connectivity index (χ0) is 23.0. The topological polar surface area (TPSA) is 149 Å². The van der Waals surface area contributed by atoms with Crippen molar-refractivity contribution in [2.75, 3.05) is 5.73 Å². The molecule has 0 aliphatic carbocycles. The van der Waals surface area contributed by atoms with E-state index in [1.165, 1.54) is 18.2 Å². The molecule has 0 saturated carbocycles. The van der Waals surface area contributed by atoms with E-state index in [9.17, 15) is 14.4 Å². The lowest BCUT2D eigenvalue weighted by molar-refractivity contribution is 0.456. The number of halogens is 3. The summed E-state index contributed by atoms with van der Waals surface area (Å²) < 4.78 is 6.63. The summed E-state index contributed by atoms with van der Waals surface area (Å²) >= 11 is 18.7. The highest BCUT2D eigenvalue weighted by atomic mass is 35.5. The number of aromatic nitrogens is 5. The van der Waals surface area contributed by atoms with E-state index in [0.29, 0.717) is 16.1 Å². The number of benzene rings is 2. The number of hydrogen-bond acceptors (Lipinski definition) is 7. The molecule has 0 amide bonds. The van der Waals surface area contributed by atoms with Gasteiger partial charge in [-0.3, -0.25) is 14.6 Å². The lowest BCUT2D eigenvalue weighted by Gasteiger charge is -2.13. The predicted octanol–water partition coefficient (Wildman–Crippen LogP) is 3.01. The average molecular weight is 494 g/mol. The van der Waals surface area contributed by atoms with Crippen molar-refractivity contribution in [1.29, 1.82) is 0 Å². The Morgan fingerprint density at radius 2 is 1.72 bits per heavy atom. The second-order valence-electron chi connectivity index (χ2n) is 6.36. The summed E-state index contributed by atoms with van der Waals surface area (Å²) in [5.74, 6) is -0.405. The lowest BCUT2D eigenvalue weighted by Crippen LogP contribution is -2.33. The van der Waals surface area contributed by atoms with Crippen LogP contribution in [-0.2, 0) is 0 Å². The van der Waals surface area contributed by atoms with Gasteiger partial charge in [0.2, 0.25) is 11.7 Å². The number of nitrogens with two attached hydrogens (primary N) is 1. The van der Waals surface area contributed by atoms with Crippen LogP contribution in [0.5, 0.6) is 11.6 Å². The molecule has 13 heteroatoms. The number of nitrogens with one attached hydrogen (secondary N) is 2. The lowest BCUT2D eigenvalue weighted by atomic mass is 10.1. The first-order valence-corrected chi connectivity index (χ1v) is 9.88. The van der Waals surface area contributed by atoms with E-state index >= 15 is 0 Å². The van der Waals surface area contributed by atoms with E-state index in [0.717, 1.165) is 4.68 Å². The van der Waals surface area contributed by atoms with Gasteiger partial charge in [-0.25, -0.2) is 9.89 Å². The van der Waals surface area contributed by atoms with E-state index in [4.69, 9.17) is 45.3 Å². The first-order valence-electron chi connectivity index (χ1n) is 8.75. The third kappa shape index (κ3) is 4.24. The van der Waals surface area contributed by atoms with Crippen molar-refractivity contribution in [3.05, 3.63) is 88.7 Å². The summed E-state index contributed by atoms with van der Waals surface area (Å²) in [4.78, 5) is 37.4. The number of aromatic amines is 2. The molecule has 0 bridgehead atoms. The zero-order valence-corrected chi connectivity index (χ0v) is 18.0. The van der Waals surface area contributed by atoms with Crippen LogP contribution in [0.1, 0.15) is 0 Å². The van der Waals surface area contributed by atoms with Gasteiger partial charge in [-0.15, -0.1) is 10.2 Å². The van der Waals surface area contributed by atoms with E-state index in [1.807, 2.05) is 4.98 Å². The molecule has 0 aliphatic heterocycles. The van der Waals surface area contributed by atoms with Gasteiger partial charge < -0.3 is 10.5 Å². The van der Waals surface area contributed by atoms with Gasteiger partial charge in [-0.1, -0.05) is 46.9 Å². The summed E-state index contributed by atoms with van der Waals surface area (Å²) in [5.41, 5.74) is 4.42. The molecule has 4 aromatic rings. The Hall–Kier alpha value is -3.60. The predicted molar refractivity (Wildman–Crippen MR) is 120 cm³/mol. The third-order valence-electron chi connectivity index (χ3n) is 4.19. The van der Waals surface area contributed by atoms with Crippen molar-refractivity contribution in [3.63, 3.8) is 0 Å². The minimum Gasteiger partial charge on any atom is -0.434 e. The molecule has 4 N–H and O–H groups in total. The number of nitrogens with zero attached hydrogens (tertiary/aromatic N) is 3. The van der Waals surface area contributed by atoms with Crippen LogP contribution in [0.4, 0.5) is 5.82 Å². The Labute approximate surface area is 193 Å². The minimum atomic E-state index is -0.837. The van der Waals surface area contributed by atoms with Crippen molar-refractivity contribution >= 4 is 40.6 Å². The Kier molecular flexibility index (Phi) is 5.74. The van der Waals surface area contributed by atoms with Crippen molar-refractivity contribution in [1.82, 2.24) is 25.0 Å². The van der Waals surface area contributed by atoms with Crippen LogP contribution in [0.25, 0.3) is 16.8 Å². The number of H-pyrrole nitrogens is 2. The molecule has 0 fully saturated rings. The molecule has 2 aromatic heterocycles. The highest BCUT2D eigenvalue weighted by Crippen LogP contribution is 2.40. The van der Waals surface area contributed by atoms with Gasteiger partial charge in [0.25, 0.3) is 11.1 Å². The summed E-state index contributed by atoms with van der Waals surface area (Å²) in [6.07, 6.45) is 0. The van der Waals surface area contributed by atoms with Crippen LogP contribution >= 0.6 is 34.8 Å². The highest BCUT2D eigenvalue weighted by Gasteiger charge is 2.18.